The summed E-state index contributed by atoms with van der Waals surface area (Å²) in [5.41, 5.74) is 2.52. The van der Waals surface area contributed by atoms with E-state index >= 15 is 0 Å². The van der Waals surface area contributed by atoms with E-state index in [-0.39, 0.29) is 18.2 Å². The van der Waals surface area contributed by atoms with Crippen LogP contribution in [-0.4, -0.2) is 46.8 Å². The smallest absolute Gasteiger partial charge is 0.338 e. The number of benzene rings is 2. The predicted octanol–water partition coefficient (Wildman–Crippen LogP) is 4.42. The molecule has 9 heteroatoms. The number of rotatable bonds is 6. The Hall–Kier alpha value is -2.84. The van der Waals surface area contributed by atoms with E-state index in [1.54, 1.807) is 50.4 Å². The minimum absolute atomic E-state index is 0.00608. The summed E-state index contributed by atoms with van der Waals surface area (Å²) in [5.74, 6) is -0.895. The lowest BCUT2D eigenvalue weighted by Gasteiger charge is -2.10. The van der Waals surface area contributed by atoms with E-state index in [0.717, 1.165) is 5.56 Å². The standard InChI is InChI=1S/C22H22ClN3O4S/c1-4-30-21(29)14-5-7-15(8-6-14)24-19(27)12-18-20(28)26(3)22(31-18)25-16-9-10-17(23)13(2)11-16/h5-11,18H,4,12H2,1-3H3,(H,24,27)/t18-/m1/s1. The maximum Gasteiger partial charge on any atom is 0.338 e. The quantitative estimate of drug-likeness (QED) is 0.646. The van der Waals surface area contributed by atoms with Gasteiger partial charge in [-0.15, -0.1) is 0 Å². The first-order chi connectivity index (χ1) is 14.8. The number of amidine groups is 1. The number of aliphatic imine (C=N–C) groups is 1. The molecule has 7 nitrogen and oxygen atoms in total. The first kappa shape index (κ1) is 22.8. The van der Waals surface area contributed by atoms with E-state index < -0.39 is 11.2 Å². The Morgan fingerprint density at radius 3 is 2.58 bits per heavy atom. The molecule has 2 amide bonds. The number of amides is 2. The second kappa shape index (κ2) is 9.98. The number of thioether (sulfide) groups is 1. The molecule has 0 spiro atoms. The van der Waals surface area contributed by atoms with Crippen LogP contribution in [0.3, 0.4) is 0 Å². The van der Waals surface area contributed by atoms with Gasteiger partial charge in [0.15, 0.2) is 5.17 Å². The molecular weight excluding hydrogens is 438 g/mol. The van der Waals surface area contributed by atoms with Crippen LogP contribution < -0.4 is 5.32 Å². The van der Waals surface area contributed by atoms with Gasteiger partial charge < -0.3 is 10.1 Å². The molecule has 2 aromatic rings. The molecule has 0 radical (unpaired) electrons. The lowest BCUT2D eigenvalue weighted by Crippen LogP contribution is -2.30. The van der Waals surface area contributed by atoms with Crippen LogP contribution in [0.4, 0.5) is 11.4 Å². The Labute approximate surface area is 189 Å². The molecule has 0 bridgehead atoms. The molecule has 0 unspecified atom stereocenters. The second-order valence-corrected chi connectivity index (χ2v) is 8.46. The van der Waals surface area contributed by atoms with Crippen LogP contribution in [0.1, 0.15) is 29.3 Å². The van der Waals surface area contributed by atoms with Gasteiger partial charge in [-0.3, -0.25) is 14.5 Å². The number of aryl methyl sites for hydroxylation is 1. The minimum atomic E-state index is -0.559. The average Bonchev–Trinajstić information content (AvgIpc) is 2.99. The summed E-state index contributed by atoms with van der Waals surface area (Å²) in [5, 5.41) is 3.37. The number of nitrogens with zero attached hydrogens (tertiary/aromatic N) is 2. The van der Waals surface area contributed by atoms with Gasteiger partial charge in [0, 0.05) is 24.2 Å². The Morgan fingerprint density at radius 1 is 1.23 bits per heavy atom. The van der Waals surface area contributed by atoms with E-state index in [1.807, 2.05) is 13.0 Å². The molecule has 1 heterocycles. The number of hydrogen-bond donors (Lipinski definition) is 1. The Bertz CT molecular complexity index is 1040. The number of nitrogens with one attached hydrogen (secondary N) is 1. The van der Waals surface area contributed by atoms with Crippen molar-refractivity contribution in [1.29, 1.82) is 0 Å². The van der Waals surface area contributed by atoms with Gasteiger partial charge in [-0.05, 0) is 61.9 Å². The Kier molecular flexibility index (Phi) is 7.35. The van der Waals surface area contributed by atoms with Gasteiger partial charge in [-0.1, -0.05) is 23.4 Å². The predicted molar refractivity (Wildman–Crippen MR) is 123 cm³/mol. The van der Waals surface area contributed by atoms with Crippen LogP contribution >= 0.6 is 23.4 Å². The zero-order chi connectivity index (χ0) is 22.5. The summed E-state index contributed by atoms with van der Waals surface area (Å²) in [4.78, 5) is 42.7. The summed E-state index contributed by atoms with van der Waals surface area (Å²) < 4.78 is 4.94. The fourth-order valence-corrected chi connectivity index (χ4v) is 4.16. The average molecular weight is 460 g/mol. The normalized spacial score (nSPS) is 17.2. The summed E-state index contributed by atoms with van der Waals surface area (Å²) in [6.07, 6.45) is 0.00608. The first-order valence-corrected chi connectivity index (χ1v) is 10.9. The highest BCUT2D eigenvalue weighted by Gasteiger charge is 2.37. The molecule has 1 aliphatic rings. The molecule has 1 N–H and O–H groups in total. The van der Waals surface area contributed by atoms with Crippen LogP contribution in [0, 0.1) is 6.92 Å². The second-order valence-electron chi connectivity index (χ2n) is 6.88. The number of anilines is 1. The lowest BCUT2D eigenvalue weighted by molar-refractivity contribution is -0.127. The molecule has 2 aromatic carbocycles. The maximum absolute atomic E-state index is 12.6. The number of hydrogen-bond acceptors (Lipinski definition) is 6. The summed E-state index contributed by atoms with van der Waals surface area (Å²) in [7, 11) is 1.64. The van der Waals surface area contributed by atoms with Gasteiger partial charge in [-0.2, -0.15) is 0 Å². The largest absolute Gasteiger partial charge is 0.462 e. The SMILES string of the molecule is CCOC(=O)c1ccc(NC(=O)C[C@H]2SC(=Nc3ccc(Cl)c(C)c3)N(C)C2=O)cc1. The monoisotopic (exact) mass is 459 g/mol. The van der Waals surface area contributed by atoms with Gasteiger partial charge in [0.25, 0.3) is 0 Å². The molecule has 1 fully saturated rings. The third-order valence-electron chi connectivity index (χ3n) is 4.56. The van der Waals surface area contributed by atoms with Crippen molar-refractivity contribution in [2.24, 2.45) is 4.99 Å². The van der Waals surface area contributed by atoms with Crippen LogP contribution in [0.25, 0.3) is 0 Å². The Morgan fingerprint density at radius 2 is 1.94 bits per heavy atom. The van der Waals surface area contributed by atoms with Crippen molar-refractivity contribution < 1.29 is 19.1 Å². The molecule has 1 saturated heterocycles. The van der Waals surface area contributed by atoms with E-state index in [2.05, 4.69) is 10.3 Å². The van der Waals surface area contributed by atoms with Crippen molar-refractivity contribution in [1.82, 2.24) is 4.90 Å². The van der Waals surface area contributed by atoms with Gasteiger partial charge in [-0.25, -0.2) is 9.79 Å². The lowest BCUT2D eigenvalue weighted by atomic mass is 10.2. The zero-order valence-electron chi connectivity index (χ0n) is 17.3. The fourth-order valence-electron chi connectivity index (χ4n) is 2.89. The molecule has 1 atom stereocenters. The summed E-state index contributed by atoms with van der Waals surface area (Å²) in [6, 6.07) is 11.8. The molecule has 0 aromatic heterocycles. The molecule has 1 aliphatic heterocycles. The van der Waals surface area contributed by atoms with Crippen LogP contribution in [0.15, 0.2) is 47.5 Å². The van der Waals surface area contributed by atoms with Gasteiger partial charge >= 0.3 is 5.97 Å². The number of carbonyl (C=O) groups excluding carboxylic acids is 3. The van der Waals surface area contributed by atoms with Crippen LogP contribution in [-0.2, 0) is 14.3 Å². The highest BCUT2D eigenvalue weighted by atomic mass is 35.5. The third kappa shape index (κ3) is 5.65. The molecule has 0 saturated carbocycles. The number of esters is 1. The van der Waals surface area contributed by atoms with Crippen molar-refractivity contribution in [3.8, 4) is 0 Å². The fraction of sp³-hybridized carbons (Fsp3) is 0.273. The topological polar surface area (TPSA) is 88.1 Å². The van der Waals surface area contributed by atoms with E-state index in [0.29, 0.717) is 33.7 Å². The highest BCUT2D eigenvalue weighted by molar-refractivity contribution is 8.15. The maximum atomic E-state index is 12.6. The third-order valence-corrected chi connectivity index (χ3v) is 6.21. The number of halogens is 1. The summed E-state index contributed by atoms with van der Waals surface area (Å²) in [6.45, 7) is 3.91. The molecule has 31 heavy (non-hydrogen) atoms. The van der Waals surface area contributed by atoms with Gasteiger partial charge in [0.2, 0.25) is 11.8 Å². The summed E-state index contributed by atoms with van der Waals surface area (Å²) >= 11 is 7.30. The van der Waals surface area contributed by atoms with Crippen LogP contribution in [0.2, 0.25) is 5.02 Å². The van der Waals surface area contributed by atoms with E-state index in [4.69, 9.17) is 16.3 Å². The molecular formula is C22H22ClN3O4S. The van der Waals surface area contributed by atoms with Gasteiger partial charge in [0.05, 0.1) is 17.9 Å². The van der Waals surface area contributed by atoms with Crippen molar-refractivity contribution in [3.05, 3.63) is 58.6 Å². The highest BCUT2D eigenvalue weighted by Crippen LogP contribution is 2.31. The zero-order valence-corrected chi connectivity index (χ0v) is 18.9. The van der Waals surface area contributed by atoms with Crippen molar-refractivity contribution in [3.63, 3.8) is 0 Å². The van der Waals surface area contributed by atoms with Crippen molar-refractivity contribution in [2.45, 2.75) is 25.5 Å². The molecule has 162 valence electrons. The minimum Gasteiger partial charge on any atom is -0.462 e. The van der Waals surface area contributed by atoms with E-state index in [1.165, 1.54) is 16.7 Å². The molecule has 0 aliphatic carbocycles. The van der Waals surface area contributed by atoms with Crippen molar-refractivity contribution >= 4 is 57.7 Å². The van der Waals surface area contributed by atoms with Crippen molar-refractivity contribution in [2.75, 3.05) is 19.0 Å². The van der Waals surface area contributed by atoms with Crippen LogP contribution in [0.5, 0.6) is 0 Å². The first-order valence-electron chi connectivity index (χ1n) is 9.64. The van der Waals surface area contributed by atoms with E-state index in [9.17, 15) is 14.4 Å². The Balaban J connectivity index is 1.62. The van der Waals surface area contributed by atoms with Gasteiger partial charge in [0.1, 0.15) is 5.25 Å². The molecule has 3 rings (SSSR count). The number of ether oxygens (including phenoxy) is 1. The number of carbonyl (C=O) groups is 3.